The molecule has 2 N–H and O–H groups in total. The van der Waals surface area contributed by atoms with Gasteiger partial charge in [0.1, 0.15) is 11.1 Å². The number of carbonyl (C=O) groups excluding carboxylic acids is 1. The minimum atomic E-state index is -0.789. The number of hydrogen-bond donors (Lipinski definition) is 1. The van der Waals surface area contributed by atoms with Crippen molar-refractivity contribution < 1.29 is 9.21 Å². The van der Waals surface area contributed by atoms with Crippen LogP contribution in [0.5, 0.6) is 0 Å². The van der Waals surface area contributed by atoms with Crippen LogP contribution in [0, 0.1) is 0 Å². The largest absolute Gasteiger partial charge is 0.422 e. The van der Waals surface area contributed by atoms with Gasteiger partial charge in [-0.05, 0) is 11.6 Å². The van der Waals surface area contributed by atoms with Gasteiger partial charge in [-0.25, -0.2) is 4.79 Å². The molecule has 0 aliphatic heterocycles. The number of rotatable bonds is 2. The summed E-state index contributed by atoms with van der Waals surface area (Å²) in [6, 6.07) is 16.3. The molecule has 0 spiro atoms. The van der Waals surface area contributed by atoms with Crippen LogP contribution in [0.1, 0.15) is 10.4 Å². The van der Waals surface area contributed by atoms with Gasteiger partial charge in [0.15, 0.2) is 0 Å². The average Bonchev–Trinajstić information content (AvgIpc) is 2.46. The monoisotopic (exact) mass is 265 g/mol. The van der Waals surface area contributed by atoms with Crippen molar-refractivity contribution in [2.45, 2.75) is 0 Å². The third-order valence-electron chi connectivity index (χ3n) is 3.12. The maximum Gasteiger partial charge on any atom is 0.349 e. The quantitative estimate of drug-likeness (QED) is 0.724. The summed E-state index contributed by atoms with van der Waals surface area (Å²) >= 11 is 0. The van der Waals surface area contributed by atoms with Crippen LogP contribution in [0.2, 0.25) is 0 Å². The first kappa shape index (κ1) is 12.2. The number of benzene rings is 2. The molecule has 2 aromatic carbocycles. The molecule has 1 aromatic heterocycles. The molecule has 0 fully saturated rings. The summed E-state index contributed by atoms with van der Waals surface area (Å²) in [6.07, 6.45) is 0. The molecule has 0 saturated carbocycles. The highest BCUT2D eigenvalue weighted by Crippen LogP contribution is 2.29. The summed E-state index contributed by atoms with van der Waals surface area (Å²) in [5.41, 5.74) is 6.22. The van der Waals surface area contributed by atoms with Gasteiger partial charge >= 0.3 is 5.63 Å². The van der Waals surface area contributed by atoms with Gasteiger partial charge < -0.3 is 10.2 Å². The molecule has 4 nitrogen and oxygen atoms in total. The average molecular weight is 265 g/mol. The molecular weight excluding hydrogens is 254 g/mol. The molecule has 0 atom stereocenters. The zero-order chi connectivity index (χ0) is 14.1. The molecular formula is C16H11NO3. The second kappa shape index (κ2) is 4.66. The van der Waals surface area contributed by atoms with Crippen LogP contribution in [-0.4, -0.2) is 5.91 Å². The molecule has 4 heteroatoms. The molecule has 0 radical (unpaired) electrons. The Hall–Kier alpha value is -2.88. The Labute approximate surface area is 114 Å². The van der Waals surface area contributed by atoms with Crippen molar-refractivity contribution in [3.63, 3.8) is 0 Å². The van der Waals surface area contributed by atoms with Gasteiger partial charge in [-0.1, -0.05) is 48.5 Å². The van der Waals surface area contributed by atoms with Crippen molar-refractivity contribution in [1.29, 1.82) is 0 Å². The van der Waals surface area contributed by atoms with Crippen LogP contribution < -0.4 is 11.4 Å². The Bertz CT molecular complexity index is 850. The van der Waals surface area contributed by atoms with E-state index in [1.54, 1.807) is 18.2 Å². The molecule has 3 aromatic rings. The van der Waals surface area contributed by atoms with Gasteiger partial charge in [-0.3, -0.25) is 4.79 Å². The topological polar surface area (TPSA) is 73.3 Å². The van der Waals surface area contributed by atoms with Crippen LogP contribution in [0.3, 0.4) is 0 Å². The van der Waals surface area contributed by atoms with Gasteiger partial charge in [0, 0.05) is 10.9 Å². The Balaban J connectivity index is 2.52. The van der Waals surface area contributed by atoms with E-state index in [0.29, 0.717) is 16.5 Å². The van der Waals surface area contributed by atoms with Crippen molar-refractivity contribution in [2.75, 3.05) is 0 Å². The molecule has 20 heavy (non-hydrogen) atoms. The number of primary amides is 1. The maximum atomic E-state index is 12.0. The summed E-state index contributed by atoms with van der Waals surface area (Å²) in [6.45, 7) is 0. The van der Waals surface area contributed by atoms with Gasteiger partial charge in [-0.15, -0.1) is 0 Å². The van der Waals surface area contributed by atoms with Crippen molar-refractivity contribution in [2.24, 2.45) is 5.73 Å². The Morgan fingerprint density at radius 1 is 0.950 bits per heavy atom. The fourth-order valence-corrected chi connectivity index (χ4v) is 2.28. The van der Waals surface area contributed by atoms with E-state index in [-0.39, 0.29) is 5.56 Å². The highest BCUT2D eigenvalue weighted by Gasteiger charge is 2.19. The van der Waals surface area contributed by atoms with Gasteiger partial charge in [0.2, 0.25) is 0 Å². The van der Waals surface area contributed by atoms with Gasteiger partial charge in [0.05, 0.1) is 0 Å². The van der Waals surface area contributed by atoms with E-state index in [4.69, 9.17) is 10.2 Å². The zero-order valence-corrected chi connectivity index (χ0v) is 10.5. The van der Waals surface area contributed by atoms with E-state index in [1.807, 2.05) is 36.4 Å². The molecule has 98 valence electrons. The lowest BCUT2D eigenvalue weighted by atomic mass is 9.97. The third kappa shape index (κ3) is 1.87. The van der Waals surface area contributed by atoms with Crippen molar-refractivity contribution in [3.05, 3.63) is 70.6 Å². The van der Waals surface area contributed by atoms with E-state index in [1.165, 1.54) is 0 Å². The minimum absolute atomic E-state index is 0.116. The molecule has 0 aliphatic carbocycles. The van der Waals surface area contributed by atoms with Crippen LogP contribution in [0.4, 0.5) is 0 Å². The van der Waals surface area contributed by atoms with Crippen molar-refractivity contribution in [1.82, 2.24) is 0 Å². The first-order chi connectivity index (χ1) is 9.68. The van der Waals surface area contributed by atoms with Crippen LogP contribution in [0.25, 0.3) is 22.1 Å². The second-order valence-electron chi connectivity index (χ2n) is 4.37. The molecule has 0 unspecified atom stereocenters. The fourth-order valence-electron chi connectivity index (χ4n) is 2.28. The number of nitrogens with two attached hydrogens (primary N) is 1. The van der Waals surface area contributed by atoms with Gasteiger partial charge in [-0.2, -0.15) is 0 Å². The summed E-state index contributed by atoms with van der Waals surface area (Å²) in [5.74, 6) is -0.789. The van der Waals surface area contributed by atoms with E-state index in [9.17, 15) is 9.59 Å². The summed E-state index contributed by atoms with van der Waals surface area (Å²) in [7, 11) is 0. The maximum absolute atomic E-state index is 12.0. The van der Waals surface area contributed by atoms with E-state index < -0.39 is 11.5 Å². The highest BCUT2D eigenvalue weighted by atomic mass is 16.4. The Kier molecular flexibility index (Phi) is 2.84. The van der Waals surface area contributed by atoms with Crippen LogP contribution >= 0.6 is 0 Å². The lowest BCUT2D eigenvalue weighted by Crippen LogP contribution is -2.22. The minimum Gasteiger partial charge on any atom is -0.422 e. The predicted octanol–water partition coefficient (Wildman–Crippen LogP) is 2.56. The third-order valence-corrected chi connectivity index (χ3v) is 3.12. The lowest BCUT2D eigenvalue weighted by Gasteiger charge is -2.09. The van der Waals surface area contributed by atoms with Gasteiger partial charge in [0.25, 0.3) is 5.91 Å². The Morgan fingerprint density at radius 2 is 1.60 bits per heavy atom. The molecule has 1 amide bonds. The number of hydrogen-bond acceptors (Lipinski definition) is 3. The number of para-hydroxylation sites is 1. The second-order valence-corrected chi connectivity index (χ2v) is 4.37. The van der Waals surface area contributed by atoms with Crippen LogP contribution in [0.15, 0.2) is 63.8 Å². The van der Waals surface area contributed by atoms with E-state index in [0.717, 1.165) is 5.56 Å². The molecule has 0 saturated heterocycles. The zero-order valence-electron chi connectivity index (χ0n) is 10.5. The van der Waals surface area contributed by atoms with E-state index in [2.05, 4.69) is 0 Å². The molecule has 0 bridgehead atoms. The predicted molar refractivity (Wildman–Crippen MR) is 76.4 cm³/mol. The SMILES string of the molecule is NC(=O)c1c(-c2ccccc2)c2ccccc2oc1=O. The van der Waals surface area contributed by atoms with Crippen molar-refractivity contribution in [3.8, 4) is 11.1 Å². The standard InChI is InChI=1S/C16H11NO3/c17-15(18)14-13(10-6-2-1-3-7-10)11-8-4-5-9-12(11)20-16(14)19/h1-9H,(H2,17,18). The lowest BCUT2D eigenvalue weighted by molar-refractivity contribution is 0.0997. The van der Waals surface area contributed by atoms with E-state index >= 15 is 0 Å². The number of fused-ring (bicyclic) bond motifs is 1. The first-order valence-corrected chi connectivity index (χ1v) is 6.09. The smallest absolute Gasteiger partial charge is 0.349 e. The molecule has 1 heterocycles. The number of carbonyl (C=O) groups is 1. The Morgan fingerprint density at radius 3 is 2.30 bits per heavy atom. The fraction of sp³-hybridized carbons (Fsp3) is 0. The first-order valence-electron chi connectivity index (χ1n) is 6.09. The summed E-state index contributed by atoms with van der Waals surface area (Å²) < 4.78 is 5.16. The van der Waals surface area contributed by atoms with Crippen molar-refractivity contribution >= 4 is 16.9 Å². The molecule has 3 rings (SSSR count). The highest BCUT2D eigenvalue weighted by molar-refractivity contribution is 6.07. The van der Waals surface area contributed by atoms with Crippen LogP contribution in [-0.2, 0) is 0 Å². The normalized spacial score (nSPS) is 10.6. The molecule has 0 aliphatic rings. The summed E-state index contributed by atoms with van der Waals surface area (Å²) in [5, 5.41) is 0.687. The summed E-state index contributed by atoms with van der Waals surface area (Å²) in [4.78, 5) is 23.6. The number of amides is 1.